The zero-order valence-corrected chi connectivity index (χ0v) is 11.7. The molecule has 2 heteroatoms. The van der Waals surface area contributed by atoms with Crippen molar-refractivity contribution in [3.8, 4) is 0 Å². The molecular formula is C16H26N2. The molecule has 2 rings (SSSR count). The van der Waals surface area contributed by atoms with Crippen LogP contribution in [0.4, 0.5) is 0 Å². The lowest BCUT2D eigenvalue weighted by Gasteiger charge is -2.42. The third kappa shape index (κ3) is 2.93. The summed E-state index contributed by atoms with van der Waals surface area (Å²) in [6.45, 7) is 5.81. The van der Waals surface area contributed by atoms with Crippen LogP contribution in [0.3, 0.4) is 0 Å². The molecule has 100 valence electrons. The number of nitrogens with two attached hydrogens (primary N) is 1. The average molecular weight is 246 g/mol. The van der Waals surface area contributed by atoms with E-state index in [0.717, 1.165) is 6.42 Å². The SMILES string of the molecule is CCC(C(N)c1ccccc1)N1CCCCC1C. The highest BCUT2D eigenvalue weighted by Gasteiger charge is 2.29. The first-order valence-corrected chi connectivity index (χ1v) is 7.30. The number of piperidine rings is 1. The third-order valence-corrected chi connectivity index (χ3v) is 4.30. The van der Waals surface area contributed by atoms with E-state index in [4.69, 9.17) is 5.73 Å². The molecule has 1 fully saturated rings. The van der Waals surface area contributed by atoms with Gasteiger partial charge in [-0.3, -0.25) is 4.90 Å². The van der Waals surface area contributed by atoms with Crippen molar-refractivity contribution < 1.29 is 0 Å². The maximum Gasteiger partial charge on any atom is 0.0453 e. The van der Waals surface area contributed by atoms with Crippen molar-refractivity contribution in [3.05, 3.63) is 35.9 Å². The quantitative estimate of drug-likeness (QED) is 0.883. The van der Waals surface area contributed by atoms with E-state index in [1.165, 1.54) is 31.4 Å². The summed E-state index contributed by atoms with van der Waals surface area (Å²) in [4.78, 5) is 2.63. The van der Waals surface area contributed by atoms with Crippen LogP contribution in [-0.4, -0.2) is 23.5 Å². The van der Waals surface area contributed by atoms with E-state index in [0.29, 0.717) is 12.1 Å². The molecule has 1 aromatic rings. The van der Waals surface area contributed by atoms with Gasteiger partial charge in [0.15, 0.2) is 0 Å². The first-order valence-electron chi connectivity index (χ1n) is 7.30. The van der Waals surface area contributed by atoms with Gasteiger partial charge in [-0.15, -0.1) is 0 Å². The number of benzene rings is 1. The molecule has 1 aliphatic heterocycles. The Kier molecular flexibility index (Phi) is 4.79. The average Bonchev–Trinajstić information content (AvgIpc) is 2.42. The highest BCUT2D eigenvalue weighted by Crippen LogP contribution is 2.27. The Morgan fingerprint density at radius 2 is 2.00 bits per heavy atom. The monoisotopic (exact) mass is 246 g/mol. The van der Waals surface area contributed by atoms with E-state index in [9.17, 15) is 0 Å². The van der Waals surface area contributed by atoms with Gasteiger partial charge in [-0.25, -0.2) is 0 Å². The molecule has 1 aromatic carbocycles. The predicted molar refractivity (Wildman–Crippen MR) is 77.5 cm³/mol. The smallest absolute Gasteiger partial charge is 0.0453 e. The molecule has 0 spiro atoms. The summed E-state index contributed by atoms with van der Waals surface area (Å²) in [7, 11) is 0. The number of likely N-dealkylation sites (tertiary alicyclic amines) is 1. The molecule has 3 unspecified atom stereocenters. The molecule has 0 saturated carbocycles. The lowest BCUT2D eigenvalue weighted by atomic mass is 9.92. The molecule has 0 radical (unpaired) electrons. The third-order valence-electron chi connectivity index (χ3n) is 4.30. The van der Waals surface area contributed by atoms with Crippen molar-refractivity contribution in [2.24, 2.45) is 5.73 Å². The molecule has 1 saturated heterocycles. The van der Waals surface area contributed by atoms with Crippen molar-refractivity contribution >= 4 is 0 Å². The maximum atomic E-state index is 6.50. The standard InChI is InChI=1S/C16H26N2/c1-3-15(18-12-8-7-9-13(18)2)16(17)14-10-5-4-6-11-14/h4-6,10-11,13,15-16H,3,7-9,12,17H2,1-2H3. The normalized spacial score (nSPS) is 24.7. The Morgan fingerprint density at radius 3 is 2.61 bits per heavy atom. The lowest BCUT2D eigenvalue weighted by Crippen LogP contribution is -2.49. The molecule has 1 heterocycles. The summed E-state index contributed by atoms with van der Waals surface area (Å²) in [5.41, 5.74) is 7.77. The van der Waals surface area contributed by atoms with Gasteiger partial charge in [-0.1, -0.05) is 43.7 Å². The van der Waals surface area contributed by atoms with E-state index >= 15 is 0 Å². The molecule has 2 nitrogen and oxygen atoms in total. The van der Waals surface area contributed by atoms with E-state index < -0.39 is 0 Å². The second kappa shape index (κ2) is 6.35. The van der Waals surface area contributed by atoms with Gasteiger partial charge in [0.1, 0.15) is 0 Å². The molecule has 1 aliphatic rings. The fraction of sp³-hybridized carbons (Fsp3) is 0.625. The Labute approximate surface area is 111 Å². The Balaban J connectivity index is 2.12. The molecule has 0 aliphatic carbocycles. The zero-order chi connectivity index (χ0) is 13.0. The molecule has 2 N–H and O–H groups in total. The van der Waals surface area contributed by atoms with E-state index in [2.05, 4.69) is 49.1 Å². The molecule has 3 atom stereocenters. The van der Waals surface area contributed by atoms with Gasteiger partial charge >= 0.3 is 0 Å². The van der Waals surface area contributed by atoms with Crippen LogP contribution in [0.15, 0.2) is 30.3 Å². The first-order chi connectivity index (χ1) is 8.74. The number of rotatable bonds is 4. The molecular weight excluding hydrogens is 220 g/mol. The summed E-state index contributed by atoms with van der Waals surface area (Å²) < 4.78 is 0. The predicted octanol–water partition coefficient (Wildman–Crippen LogP) is 3.34. The summed E-state index contributed by atoms with van der Waals surface area (Å²) >= 11 is 0. The molecule has 18 heavy (non-hydrogen) atoms. The minimum Gasteiger partial charge on any atom is -0.323 e. The highest BCUT2D eigenvalue weighted by atomic mass is 15.2. The van der Waals surface area contributed by atoms with E-state index in [-0.39, 0.29) is 6.04 Å². The second-order valence-corrected chi connectivity index (χ2v) is 5.49. The fourth-order valence-electron chi connectivity index (χ4n) is 3.21. The largest absolute Gasteiger partial charge is 0.323 e. The second-order valence-electron chi connectivity index (χ2n) is 5.49. The zero-order valence-electron chi connectivity index (χ0n) is 11.7. The van der Waals surface area contributed by atoms with Crippen LogP contribution >= 0.6 is 0 Å². The van der Waals surface area contributed by atoms with E-state index in [1.807, 2.05) is 0 Å². The first kappa shape index (κ1) is 13.6. The van der Waals surface area contributed by atoms with Crippen molar-refractivity contribution in [3.63, 3.8) is 0 Å². The topological polar surface area (TPSA) is 29.3 Å². The van der Waals surface area contributed by atoms with E-state index in [1.54, 1.807) is 0 Å². The van der Waals surface area contributed by atoms with Crippen LogP contribution in [-0.2, 0) is 0 Å². The number of nitrogens with zero attached hydrogens (tertiary/aromatic N) is 1. The number of hydrogen-bond donors (Lipinski definition) is 1. The molecule has 0 bridgehead atoms. The molecule has 0 aromatic heterocycles. The van der Waals surface area contributed by atoms with Crippen LogP contribution in [0.5, 0.6) is 0 Å². The van der Waals surface area contributed by atoms with Crippen molar-refractivity contribution in [1.29, 1.82) is 0 Å². The van der Waals surface area contributed by atoms with Crippen molar-refractivity contribution in [2.75, 3.05) is 6.54 Å². The summed E-state index contributed by atoms with van der Waals surface area (Å²) in [5, 5.41) is 0. The highest BCUT2D eigenvalue weighted by molar-refractivity contribution is 5.20. The van der Waals surface area contributed by atoms with Crippen LogP contribution in [0, 0.1) is 0 Å². The minimum absolute atomic E-state index is 0.136. The minimum atomic E-state index is 0.136. The van der Waals surface area contributed by atoms with Crippen molar-refractivity contribution in [1.82, 2.24) is 4.90 Å². The van der Waals surface area contributed by atoms with Gasteiger partial charge in [0.05, 0.1) is 0 Å². The Hall–Kier alpha value is -0.860. The van der Waals surface area contributed by atoms with Gasteiger partial charge in [0, 0.05) is 18.1 Å². The van der Waals surface area contributed by atoms with Gasteiger partial charge in [0.2, 0.25) is 0 Å². The van der Waals surface area contributed by atoms with Crippen LogP contribution in [0.2, 0.25) is 0 Å². The van der Waals surface area contributed by atoms with Crippen LogP contribution in [0.1, 0.15) is 51.1 Å². The maximum absolute atomic E-state index is 6.50. The van der Waals surface area contributed by atoms with Crippen molar-refractivity contribution in [2.45, 2.75) is 57.7 Å². The van der Waals surface area contributed by atoms with Gasteiger partial charge in [-0.2, -0.15) is 0 Å². The van der Waals surface area contributed by atoms with Crippen LogP contribution < -0.4 is 5.73 Å². The Bertz CT molecular complexity index is 349. The van der Waals surface area contributed by atoms with Gasteiger partial charge < -0.3 is 5.73 Å². The summed E-state index contributed by atoms with van der Waals surface area (Å²) in [6.07, 6.45) is 5.13. The fourth-order valence-corrected chi connectivity index (χ4v) is 3.21. The molecule has 0 amide bonds. The summed E-state index contributed by atoms with van der Waals surface area (Å²) in [6, 6.07) is 11.8. The van der Waals surface area contributed by atoms with Gasteiger partial charge in [0.25, 0.3) is 0 Å². The van der Waals surface area contributed by atoms with Crippen LogP contribution in [0.25, 0.3) is 0 Å². The number of hydrogen-bond acceptors (Lipinski definition) is 2. The lowest BCUT2D eigenvalue weighted by molar-refractivity contribution is 0.0866. The van der Waals surface area contributed by atoms with Gasteiger partial charge in [-0.05, 0) is 38.3 Å². The Morgan fingerprint density at radius 1 is 1.28 bits per heavy atom. The summed E-state index contributed by atoms with van der Waals surface area (Å²) in [5.74, 6) is 0.